The molecule has 0 bridgehead atoms. The summed E-state index contributed by atoms with van der Waals surface area (Å²) < 4.78 is 27.7. The number of sulfonamides is 1. The summed E-state index contributed by atoms with van der Waals surface area (Å²) in [5.74, 6) is -1.34. The van der Waals surface area contributed by atoms with Crippen molar-refractivity contribution in [2.45, 2.75) is 36.8 Å². The zero-order valence-electron chi connectivity index (χ0n) is 23.5. The minimum atomic E-state index is -4.05. The average Bonchev–Trinajstić information content (AvgIpc) is 2.95. The van der Waals surface area contributed by atoms with Crippen LogP contribution >= 0.6 is 0 Å². The maximum absolute atomic E-state index is 13.3. The van der Waals surface area contributed by atoms with Gasteiger partial charge in [-0.05, 0) is 65.9 Å². The molecule has 0 saturated carbocycles. The Kier molecular flexibility index (Phi) is 9.07. The molecule has 42 heavy (non-hydrogen) atoms. The number of benzene rings is 4. The molecule has 0 fully saturated rings. The van der Waals surface area contributed by atoms with Crippen LogP contribution in [0.2, 0.25) is 0 Å². The Morgan fingerprint density at radius 3 is 2.38 bits per heavy atom. The maximum atomic E-state index is 13.3. The molecule has 0 amide bonds. The maximum Gasteiger partial charge on any atom is 0.335 e. The van der Waals surface area contributed by atoms with Crippen molar-refractivity contribution in [2.75, 3.05) is 20.1 Å². The number of non-ortho nitro benzene ring substituents is 1. The molecule has 0 saturated heterocycles. The number of likely N-dealkylation sites (N-methyl/N-ethyl adjacent to an activating group) is 1. The fourth-order valence-electron chi connectivity index (χ4n) is 4.80. The number of aromatic carboxylic acids is 1. The second-order valence-corrected chi connectivity index (χ2v) is 13.0. The number of aliphatic hydroxyl groups excluding tert-OH is 1. The van der Waals surface area contributed by atoms with Crippen molar-refractivity contribution in [3.05, 3.63) is 106 Å². The summed E-state index contributed by atoms with van der Waals surface area (Å²) in [6.07, 6.45) is -0.300. The Morgan fingerprint density at radius 2 is 1.69 bits per heavy atom. The van der Waals surface area contributed by atoms with Gasteiger partial charge in [0.15, 0.2) is 0 Å². The van der Waals surface area contributed by atoms with Crippen molar-refractivity contribution >= 4 is 32.5 Å². The molecule has 4 rings (SSSR count). The third-order valence-corrected chi connectivity index (χ3v) is 8.81. The molecule has 4 aromatic rings. The van der Waals surface area contributed by atoms with Crippen LogP contribution in [-0.2, 0) is 16.4 Å². The fourth-order valence-corrected chi connectivity index (χ4v) is 6.05. The molecule has 0 aromatic heterocycles. The second kappa shape index (κ2) is 12.4. The van der Waals surface area contributed by atoms with Crippen molar-refractivity contribution in [2.24, 2.45) is 0 Å². The molecule has 0 unspecified atom stereocenters. The fraction of sp³-hybridized carbons (Fsp3) is 0.258. The normalized spacial score (nSPS) is 12.9. The molecule has 0 aliphatic carbocycles. The van der Waals surface area contributed by atoms with Gasteiger partial charge in [-0.1, -0.05) is 54.6 Å². The molecule has 3 N–H and O–H groups in total. The number of nitro benzene ring substituents is 1. The number of β-amino-alcohol motifs (C(OH)–C–C–N with tert-alkyl or cyclic N) is 1. The highest BCUT2D eigenvalue weighted by Crippen LogP contribution is 2.29. The van der Waals surface area contributed by atoms with Crippen molar-refractivity contribution in [1.29, 1.82) is 0 Å². The lowest BCUT2D eigenvalue weighted by atomic mass is 9.93. The van der Waals surface area contributed by atoms with E-state index in [0.717, 1.165) is 26.7 Å². The Bertz CT molecular complexity index is 1710. The number of nitrogens with zero attached hydrogens (tertiary/aromatic N) is 2. The van der Waals surface area contributed by atoms with Crippen LogP contribution in [0.15, 0.2) is 89.8 Å². The lowest BCUT2D eigenvalue weighted by molar-refractivity contribution is -0.384. The molecule has 0 heterocycles. The molecule has 10 nitrogen and oxygen atoms in total. The Balaban J connectivity index is 1.43. The lowest BCUT2D eigenvalue weighted by Gasteiger charge is -2.29. The van der Waals surface area contributed by atoms with E-state index in [4.69, 9.17) is 0 Å². The topological polar surface area (TPSA) is 150 Å². The highest BCUT2D eigenvalue weighted by molar-refractivity contribution is 7.89. The number of aliphatic hydroxyl groups is 1. The molecule has 0 radical (unpaired) electrons. The predicted molar refractivity (Wildman–Crippen MR) is 161 cm³/mol. The summed E-state index contributed by atoms with van der Waals surface area (Å²) in [5, 5.41) is 37.0. The van der Waals surface area contributed by atoms with Gasteiger partial charge in [0, 0.05) is 37.8 Å². The van der Waals surface area contributed by atoms with E-state index in [2.05, 4.69) is 35.6 Å². The molecule has 11 heteroatoms. The molecule has 4 aromatic carbocycles. The molecule has 0 spiro atoms. The van der Waals surface area contributed by atoms with Crippen LogP contribution in [0.4, 0.5) is 5.69 Å². The van der Waals surface area contributed by atoms with E-state index < -0.39 is 32.7 Å². The van der Waals surface area contributed by atoms with Crippen LogP contribution in [0.3, 0.4) is 0 Å². The minimum Gasteiger partial charge on any atom is -0.478 e. The van der Waals surface area contributed by atoms with Gasteiger partial charge >= 0.3 is 5.97 Å². The van der Waals surface area contributed by atoms with Crippen LogP contribution in [0.1, 0.15) is 29.8 Å². The first-order valence-corrected chi connectivity index (χ1v) is 14.7. The first kappa shape index (κ1) is 30.8. The number of carboxylic acids is 1. The average molecular weight is 592 g/mol. The van der Waals surface area contributed by atoms with Crippen LogP contribution in [0.5, 0.6) is 0 Å². The molecule has 0 aliphatic rings. The number of rotatable bonds is 12. The van der Waals surface area contributed by atoms with Gasteiger partial charge in [0.2, 0.25) is 10.0 Å². The van der Waals surface area contributed by atoms with E-state index >= 15 is 0 Å². The summed E-state index contributed by atoms with van der Waals surface area (Å²) in [6.45, 7) is 4.02. The number of fused-ring (bicyclic) bond motifs is 1. The first-order valence-electron chi connectivity index (χ1n) is 13.3. The van der Waals surface area contributed by atoms with E-state index in [1.807, 2.05) is 26.0 Å². The van der Waals surface area contributed by atoms with Crippen LogP contribution in [0.25, 0.3) is 21.9 Å². The van der Waals surface area contributed by atoms with Crippen molar-refractivity contribution in [1.82, 2.24) is 9.62 Å². The predicted octanol–water partition coefficient (Wildman–Crippen LogP) is 4.71. The first-order chi connectivity index (χ1) is 19.7. The zero-order valence-corrected chi connectivity index (χ0v) is 24.3. The molecular weight excluding hydrogens is 558 g/mol. The highest BCUT2D eigenvalue weighted by Gasteiger charge is 2.26. The van der Waals surface area contributed by atoms with Gasteiger partial charge in [-0.2, -0.15) is 4.31 Å². The SMILES string of the molecule is CN(C[C@H](O)CNC(C)(C)Cc1ccc2ccccc2c1)S(=O)(=O)c1cccc(-c2cc(C(=O)O)cc([N+](=O)[O-])c2)c1. The van der Waals surface area contributed by atoms with Gasteiger partial charge in [0.1, 0.15) is 0 Å². The Hall–Kier alpha value is -4.16. The van der Waals surface area contributed by atoms with Crippen molar-refractivity contribution in [3.8, 4) is 11.1 Å². The number of nitrogens with one attached hydrogen (secondary N) is 1. The van der Waals surface area contributed by atoms with E-state index in [1.54, 1.807) is 6.07 Å². The minimum absolute atomic E-state index is 0.0947. The third-order valence-electron chi connectivity index (χ3n) is 7.00. The van der Waals surface area contributed by atoms with Crippen LogP contribution in [-0.4, -0.2) is 65.6 Å². The zero-order chi connectivity index (χ0) is 30.7. The van der Waals surface area contributed by atoms with E-state index in [1.165, 1.54) is 37.4 Å². The monoisotopic (exact) mass is 591 g/mol. The summed E-state index contributed by atoms with van der Waals surface area (Å²) in [7, 11) is -2.68. The molecular formula is C31H33N3O7S. The molecule has 220 valence electrons. The highest BCUT2D eigenvalue weighted by atomic mass is 32.2. The summed E-state index contributed by atoms with van der Waals surface area (Å²) in [5.41, 5.74) is 0.549. The van der Waals surface area contributed by atoms with E-state index in [-0.39, 0.29) is 34.7 Å². The van der Waals surface area contributed by atoms with E-state index in [0.29, 0.717) is 12.0 Å². The second-order valence-electron chi connectivity index (χ2n) is 10.9. The quantitative estimate of drug-likeness (QED) is 0.158. The van der Waals surface area contributed by atoms with Crippen molar-refractivity contribution < 1.29 is 28.3 Å². The van der Waals surface area contributed by atoms with Crippen LogP contribution < -0.4 is 5.32 Å². The third kappa shape index (κ3) is 7.37. The van der Waals surface area contributed by atoms with Crippen LogP contribution in [0, 0.1) is 10.1 Å². The van der Waals surface area contributed by atoms with Gasteiger partial charge in [0.05, 0.1) is 21.5 Å². The number of carboxylic acid groups (broad SMARTS) is 1. The number of hydrogen-bond donors (Lipinski definition) is 3. The Morgan fingerprint density at radius 1 is 0.976 bits per heavy atom. The van der Waals surface area contributed by atoms with Gasteiger partial charge in [0.25, 0.3) is 5.69 Å². The summed E-state index contributed by atoms with van der Waals surface area (Å²) in [4.78, 5) is 22.0. The Labute approximate surface area is 244 Å². The van der Waals surface area contributed by atoms with Gasteiger partial charge in [-0.25, -0.2) is 13.2 Å². The number of nitro groups is 1. The number of carbonyl (C=O) groups is 1. The largest absolute Gasteiger partial charge is 0.478 e. The van der Waals surface area contributed by atoms with Gasteiger partial charge < -0.3 is 15.5 Å². The van der Waals surface area contributed by atoms with E-state index in [9.17, 15) is 33.5 Å². The smallest absolute Gasteiger partial charge is 0.335 e. The molecule has 1 atom stereocenters. The lowest BCUT2D eigenvalue weighted by Crippen LogP contribution is -2.47. The van der Waals surface area contributed by atoms with Gasteiger partial charge in [-0.3, -0.25) is 10.1 Å². The summed E-state index contributed by atoms with van der Waals surface area (Å²) >= 11 is 0. The molecule has 0 aliphatic heterocycles. The number of hydrogen-bond acceptors (Lipinski definition) is 7. The summed E-state index contributed by atoms with van der Waals surface area (Å²) in [6, 6.07) is 23.5. The van der Waals surface area contributed by atoms with Gasteiger partial charge in [-0.15, -0.1) is 0 Å². The standard InChI is InChI=1S/C31H33N3O7S/c1-31(2,18-21-11-12-22-7-4-5-8-23(22)13-21)32-19-28(35)20-33(3)42(40,41)29-10-6-9-24(17-29)25-14-26(30(36)37)16-27(15-25)34(38)39/h4-17,28,32,35H,18-20H2,1-3H3,(H,36,37)/t28-/m1/s1. The van der Waals surface area contributed by atoms with Crippen molar-refractivity contribution in [3.63, 3.8) is 0 Å².